The van der Waals surface area contributed by atoms with E-state index in [1.54, 1.807) is 6.92 Å². The zero-order valence-electron chi connectivity index (χ0n) is 9.18. The smallest absolute Gasteiger partial charge is 0.220 e. The molecule has 3 nitrogen and oxygen atoms in total. The lowest BCUT2D eigenvalue weighted by atomic mass is 9.93. The van der Waals surface area contributed by atoms with Gasteiger partial charge in [-0.15, -0.1) is 0 Å². The molecule has 0 aromatic heterocycles. The molecule has 2 rings (SSSR count). The molecular formula is C11H20N2O. The van der Waals surface area contributed by atoms with Crippen LogP contribution in [-0.4, -0.2) is 36.0 Å². The number of piperidine rings is 1. The lowest BCUT2D eigenvalue weighted by Crippen LogP contribution is -2.54. The van der Waals surface area contributed by atoms with Gasteiger partial charge >= 0.3 is 0 Å². The number of likely N-dealkylation sites (tertiary alicyclic amines) is 1. The lowest BCUT2D eigenvalue weighted by Gasteiger charge is -2.42. The minimum absolute atomic E-state index is 0.266. The number of hydrogen-bond acceptors (Lipinski definition) is 2. The molecule has 0 aromatic rings. The molecule has 2 aliphatic rings. The summed E-state index contributed by atoms with van der Waals surface area (Å²) >= 11 is 0. The van der Waals surface area contributed by atoms with E-state index < -0.39 is 0 Å². The molecule has 80 valence electrons. The van der Waals surface area contributed by atoms with Gasteiger partial charge in [0.2, 0.25) is 5.91 Å². The highest BCUT2D eigenvalue weighted by molar-refractivity contribution is 5.75. The third-order valence-electron chi connectivity index (χ3n) is 3.66. The molecule has 1 heterocycles. The van der Waals surface area contributed by atoms with Gasteiger partial charge in [-0.25, -0.2) is 0 Å². The molecule has 0 bridgehead atoms. The van der Waals surface area contributed by atoms with Crippen molar-refractivity contribution in [1.82, 2.24) is 10.2 Å². The van der Waals surface area contributed by atoms with Gasteiger partial charge in [-0.1, -0.05) is 0 Å². The van der Waals surface area contributed by atoms with E-state index in [1.165, 1.54) is 32.1 Å². The molecule has 1 unspecified atom stereocenters. The van der Waals surface area contributed by atoms with Crippen LogP contribution in [0.2, 0.25) is 0 Å². The fourth-order valence-corrected chi connectivity index (χ4v) is 2.96. The maximum atomic E-state index is 11.6. The summed E-state index contributed by atoms with van der Waals surface area (Å²) in [7, 11) is 1.96. The van der Waals surface area contributed by atoms with Crippen molar-refractivity contribution >= 4 is 5.91 Å². The molecule has 1 saturated heterocycles. The average molecular weight is 196 g/mol. The third kappa shape index (κ3) is 1.54. The number of amides is 1. The average Bonchev–Trinajstić information content (AvgIpc) is 2.85. The Labute approximate surface area is 85.8 Å². The molecule has 0 radical (unpaired) electrons. The van der Waals surface area contributed by atoms with E-state index in [1.807, 2.05) is 7.05 Å². The van der Waals surface area contributed by atoms with Gasteiger partial charge < -0.3 is 10.2 Å². The summed E-state index contributed by atoms with van der Waals surface area (Å²) in [5, 5.41) is 3.19. The zero-order valence-corrected chi connectivity index (χ0v) is 9.18. The Morgan fingerprint density at radius 3 is 2.71 bits per heavy atom. The Bertz CT molecular complexity index is 233. The van der Waals surface area contributed by atoms with Gasteiger partial charge in [0.1, 0.15) is 0 Å². The Morgan fingerprint density at radius 1 is 1.50 bits per heavy atom. The molecule has 1 N–H and O–H groups in total. The van der Waals surface area contributed by atoms with Crippen LogP contribution >= 0.6 is 0 Å². The van der Waals surface area contributed by atoms with E-state index >= 15 is 0 Å². The number of carbonyl (C=O) groups is 1. The summed E-state index contributed by atoms with van der Waals surface area (Å²) in [5.74, 6) is 0.266. The van der Waals surface area contributed by atoms with E-state index in [2.05, 4.69) is 10.2 Å². The van der Waals surface area contributed by atoms with Crippen LogP contribution in [0.1, 0.15) is 39.0 Å². The summed E-state index contributed by atoms with van der Waals surface area (Å²) in [6.45, 7) is 2.66. The molecule has 2 fully saturated rings. The fraction of sp³-hybridized carbons (Fsp3) is 0.909. The van der Waals surface area contributed by atoms with Gasteiger partial charge in [-0.05, 0) is 39.2 Å². The van der Waals surface area contributed by atoms with Crippen LogP contribution in [0.5, 0.6) is 0 Å². The van der Waals surface area contributed by atoms with Crippen molar-refractivity contribution < 1.29 is 4.79 Å². The Balaban J connectivity index is 2.11. The van der Waals surface area contributed by atoms with E-state index in [9.17, 15) is 4.79 Å². The Morgan fingerprint density at radius 2 is 2.21 bits per heavy atom. The van der Waals surface area contributed by atoms with Crippen molar-refractivity contribution in [3.8, 4) is 0 Å². The Kier molecular flexibility index (Phi) is 2.52. The van der Waals surface area contributed by atoms with Crippen LogP contribution in [0.15, 0.2) is 0 Å². The molecule has 14 heavy (non-hydrogen) atoms. The van der Waals surface area contributed by atoms with Crippen LogP contribution < -0.4 is 5.32 Å². The zero-order chi connectivity index (χ0) is 10.2. The highest BCUT2D eigenvalue weighted by Crippen LogP contribution is 2.50. The quantitative estimate of drug-likeness (QED) is 0.718. The Hall–Kier alpha value is -0.570. The molecule has 1 spiro atoms. The summed E-state index contributed by atoms with van der Waals surface area (Å²) in [6, 6.07) is 0.439. The second-order valence-corrected chi connectivity index (χ2v) is 4.72. The number of carbonyl (C=O) groups excluding carboxylic acids is 1. The summed E-state index contributed by atoms with van der Waals surface area (Å²) in [4.78, 5) is 13.8. The standard InChI is InChI=1S/C11H20N2O/c1-9(14)13-10(8-12-2)4-3-5-11(13)6-7-11/h10,12H,3-8H2,1-2H3. The molecule has 1 saturated carbocycles. The molecule has 0 aromatic carbocycles. The van der Waals surface area contributed by atoms with Crippen molar-refractivity contribution in [3.63, 3.8) is 0 Å². The third-order valence-corrected chi connectivity index (χ3v) is 3.66. The van der Waals surface area contributed by atoms with Crippen LogP contribution in [0.4, 0.5) is 0 Å². The number of likely N-dealkylation sites (N-methyl/N-ethyl adjacent to an activating group) is 1. The van der Waals surface area contributed by atoms with Gasteiger partial charge in [-0.3, -0.25) is 4.79 Å². The first-order valence-corrected chi connectivity index (χ1v) is 5.64. The van der Waals surface area contributed by atoms with E-state index in [-0.39, 0.29) is 11.4 Å². The molecule has 1 atom stereocenters. The lowest BCUT2D eigenvalue weighted by molar-refractivity contribution is -0.137. The van der Waals surface area contributed by atoms with Crippen LogP contribution in [-0.2, 0) is 4.79 Å². The summed E-state index contributed by atoms with van der Waals surface area (Å²) in [6.07, 6.45) is 6.14. The maximum absolute atomic E-state index is 11.6. The predicted molar refractivity (Wildman–Crippen MR) is 56.1 cm³/mol. The second kappa shape index (κ2) is 3.54. The maximum Gasteiger partial charge on any atom is 0.220 e. The fourth-order valence-electron chi connectivity index (χ4n) is 2.96. The summed E-state index contributed by atoms with van der Waals surface area (Å²) in [5.41, 5.74) is 0.283. The van der Waals surface area contributed by atoms with Crippen LogP contribution in [0, 0.1) is 0 Å². The molecular weight excluding hydrogens is 176 g/mol. The second-order valence-electron chi connectivity index (χ2n) is 4.72. The van der Waals surface area contributed by atoms with Crippen molar-refractivity contribution in [2.75, 3.05) is 13.6 Å². The predicted octanol–water partition coefficient (Wildman–Crippen LogP) is 1.14. The first-order chi connectivity index (χ1) is 6.69. The van der Waals surface area contributed by atoms with E-state index in [0.717, 1.165) is 6.54 Å². The molecule has 3 heteroatoms. The number of nitrogens with zero attached hydrogens (tertiary/aromatic N) is 1. The highest BCUT2D eigenvalue weighted by Gasteiger charge is 2.52. The SMILES string of the molecule is CNCC1CCCC2(CC2)N1C(C)=O. The van der Waals surface area contributed by atoms with E-state index in [0.29, 0.717) is 6.04 Å². The van der Waals surface area contributed by atoms with Crippen molar-refractivity contribution in [2.45, 2.75) is 50.6 Å². The number of rotatable bonds is 2. The normalized spacial score (nSPS) is 29.3. The topological polar surface area (TPSA) is 32.3 Å². The number of nitrogens with one attached hydrogen (secondary N) is 1. The number of hydrogen-bond donors (Lipinski definition) is 1. The van der Waals surface area contributed by atoms with Crippen LogP contribution in [0.25, 0.3) is 0 Å². The summed E-state index contributed by atoms with van der Waals surface area (Å²) < 4.78 is 0. The van der Waals surface area contributed by atoms with Gasteiger partial charge in [0.05, 0.1) is 0 Å². The first kappa shape index (κ1) is 9.97. The van der Waals surface area contributed by atoms with Crippen molar-refractivity contribution in [2.24, 2.45) is 0 Å². The van der Waals surface area contributed by atoms with Crippen molar-refractivity contribution in [3.05, 3.63) is 0 Å². The molecule has 1 aliphatic carbocycles. The molecule has 1 aliphatic heterocycles. The van der Waals surface area contributed by atoms with Gasteiger partial charge in [0, 0.05) is 25.0 Å². The molecule has 1 amide bonds. The van der Waals surface area contributed by atoms with Gasteiger partial charge in [-0.2, -0.15) is 0 Å². The first-order valence-electron chi connectivity index (χ1n) is 5.64. The largest absolute Gasteiger partial charge is 0.333 e. The monoisotopic (exact) mass is 196 g/mol. The minimum Gasteiger partial charge on any atom is -0.333 e. The highest BCUT2D eigenvalue weighted by atomic mass is 16.2. The van der Waals surface area contributed by atoms with E-state index in [4.69, 9.17) is 0 Å². The van der Waals surface area contributed by atoms with Gasteiger partial charge in [0.15, 0.2) is 0 Å². The van der Waals surface area contributed by atoms with Crippen LogP contribution in [0.3, 0.4) is 0 Å². The van der Waals surface area contributed by atoms with Crippen molar-refractivity contribution in [1.29, 1.82) is 0 Å². The van der Waals surface area contributed by atoms with Gasteiger partial charge in [0.25, 0.3) is 0 Å². The minimum atomic E-state index is 0.266.